The van der Waals surface area contributed by atoms with Crippen LogP contribution in [-0.4, -0.2) is 14.8 Å². The fourth-order valence-electron chi connectivity index (χ4n) is 11.3. The summed E-state index contributed by atoms with van der Waals surface area (Å²) in [5.41, 5.74) is 16.9. The molecule has 0 fully saturated rings. The molecule has 3 heterocycles. The lowest BCUT2D eigenvalue weighted by molar-refractivity contribution is 1.23. The van der Waals surface area contributed by atoms with E-state index < -0.39 is 8.07 Å². The summed E-state index contributed by atoms with van der Waals surface area (Å²) in [6.45, 7) is 0.0142. The fourth-order valence-corrected chi connectivity index (χ4v) is 16.5. The minimum atomic E-state index is -2.79. The Kier molecular flexibility index (Phi) is 8.65. The largest absolute Gasteiger partial charge is 0.311 e. The molecule has 0 saturated carbocycles. The zero-order valence-corrected chi connectivity index (χ0v) is 36.7. The number of rotatable bonds is 7. The van der Waals surface area contributed by atoms with Gasteiger partial charge in [0.2, 0.25) is 0 Å². The molecule has 0 N–H and O–H groups in total. The van der Waals surface area contributed by atoms with Gasteiger partial charge in [0.15, 0.2) is 8.07 Å². The maximum atomic E-state index is 2.58. The van der Waals surface area contributed by atoms with Crippen LogP contribution < -0.4 is 51.8 Å². The molecule has 5 heteroatoms. The van der Waals surface area contributed by atoms with Gasteiger partial charge in [-0.05, 0) is 121 Å². The van der Waals surface area contributed by atoms with Crippen LogP contribution in [0.15, 0.2) is 255 Å². The molecule has 0 unspecified atom stereocenters. The summed E-state index contributed by atoms with van der Waals surface area (Å²) in [5, 5.41) is 5.65. The predicted molar refractivity (Wildman–Crippen MR) is 278 cm³/mol. The number of fused-ring (bicyclic) bond motifs is 7. The van der Waals surface area contributed by atoms with Gasteiger partial charge in [0.05, 0.1) is 5.69 Å². The van der Waals surface area contributed by atoms with E-state index in [1.165, 1.54) is 71.0 Å². The molecule has 10 aromatic carbocycles. The second kappa shape index (κ2) is 15.0. The first-order chi connectivity index (χ1) is 32.3. The van der Waals surface area contributed by atoms with Gasteiger partial charge in [-0.25, -0.2) is 0 Å². The lowest BCUT2D eigenvalue weighted by Crippen LogP contribution is -2.72. The molecule has 0 bridgehead atoms. The molecule has 0 saturated heterocycles. The summed E-state index contributed by atoms with van der Waals surface area (Å²) in [5.74, 6) is 0. The van der Waals surface area contributed by atoms with E-state index in [0.29, 0.717) is 0 Å². The van der Waals surface area contributed by atoms with Crippen molar-refractivity contribution in [3.63, 3.8) is 0 Å². The third-order valence-electron chi connectivity index (χ3n) is 13.9. The van der Waals surface area contributed by atoms with Crippen molar-refractivity contribution in [3.8, 4) is 11.1 Å². The van der Waals surface area contributed by atoms with Gasteiger partial charge in [-0.1, -0.05) is 182 Å². The molecule has 3 aliphatic heterocycles. The Bertz CT molecular complexity index is 3320. The fraction of sp³-hybridized carbons (Fsp3) is 0. The van der Waals surface area contributed by atoms with E-state index in [2.05, 4.69) is 269 Å². The van der Waals surface area contributed by atoms with E-state index in [4.69, 9.17) is 0 Å². The summed E-state index contributed by atoms with van der Waals surface area (Å²) >= 11 is 0. The molecule has 13 rings (SSSR count). The third-order valence-corrected chi connectivity index (χ3v) is 18.7. The third kappa shape index (κ3) is 5.62. The summed E-state index contributed by atoms with van der Waals surface area (Å²) < 4.78 is 0. The van der Waals surface area contributed by atoms with Crippen LogP contribution in [0.4, 0.5) is 51.2 Å². The maximum absolute atomic E-state index is 2.79. The summed E-state index contributed by atoms with van der Waals surface area (Å²) in [7, 11) is -2.79. The lowest BCUT2D eigenvalue weighted by atomic mass is 9.33. The highest BCUT2D eigenvalue weighted by molar-refractivity contribution is 7.22. The Morgan fingerprint density at radius 2 is 0.769 bits per heavy atom. The van der Waals surface area contributed by atoms with E-state index in [-0.39, 0.29) is 6.71 Å². The van der Waals surface area contributed by atoms with Crippen LogP contribution in [-0.2, 0) is 0 Å². The van der Waals surface area contributed by atoms with E-state index in [1.54, 1.807) is 0 Å². The van der Waals surface area contributed by atoms with Gasteiger partial charge in [0.1, 0.15) is 0 Å². The van der Waals surface area contributed by atoms with Crippen molar-refractivity contribution in [2.75, 3.05) is 14.7 Å². The lowest BCUT2D eigenvalue weighted by Gasteiger charge is -2.45. The number of anilines is 9. The molecule has 3 nitrogen and oxygen atoms in total. The first-order valence-corrected chi connectivity index (χ1v) is 24.6. The van der Waals surface area contributed by atoms with Crippen LogP contribution in [0.25, 0.3) is 11.1 Å². The molecule has 0 aliphatic carbocycles. The van der Waals surface area contributed by atoms with E-state index in [0.717, 1.165) is 28.4 Å². The molecule has 304 valence electrons. The van der Waals surface area contributed by atoms with E-state index >= 15 is 0 Å². The Morgan fingerprint density at radius 1 is 0.323 bits per heavy atom. The van der Waals surface area contributed by atoms with Gasteiger partial charge in [-0.15, -0.1) is 0 Å². The van der Waals surface area contributed by atoms with Crippen LogP contribution >= 0.6 is 0 Å². The SMILES string of the molecule is c1ccc(N(c2ccccc2)c2cc3c4c(c2)N(c2ccc5c(c2)[Si](c2ccccc2)(c2ccccc2)c2ccccc2-5)c2ccccc2B4c2ccccc2N3c2ccccc2)cc1. The first kappa shape index (κ1) is 37.4. The van der Waals surface area contributed by atoms with Crippen molar-refractivity contribution in [3.05, 3.63) is 255 Å². The Hall–Kier alpha value is -8.12. The van der Waals surface area contributed by atoms with Gasteiger partial charge in [0.25, 0.3) is 6.71 Å². The molecule has 0 spiro atoms. The maximum Gasteiger partial charge on any atom is 0.252 e. The summed E-state index contributed by atoms with van der Waals surface area (Å²) in [6.07, 6.45) is 0. The van der Waals surface area contributed by atoms with Gasteiger partial charge in [-0.2, -0.15) is 0 Å². The topological polar surface area (TPSA) is 9.72 Å². The van der Waals surface area contributed by atoms with Crippen LogP contribution in [0.2, 0.25) is 0 Å². The van der Waals surface area contributed by atoms with Crippen molar-refractivity contribution in [1.29, 1.82) is 0 Å². The first-order valence-electron chi connectivity index (χ1n) is 22.6. The summed E-state index contributed by atoms with van der Waals surface area (Å²) in [4.78, 5) is 7.49. The van der Waals surface area contributed by atoms with Crippen LogP contribution in [0.3, 0.4) is 0 Å². The highest BCUT2D eigenvalue weighted by atomic mass is 28.3. The Balaban J connectivity index is 1.13. The highest BCUT2D eigenvalue weighted by Gasteiger charge is 2.50. The van der Waals surface area contributed by atoms with Gasteiger partial charge in [-0.3, -0.25) is 0 Å². The molecule has 65 heavy (non-hydrogen) atoms. The average molecular weight is 844 g/mol. The van der Waals surface area contributed by atoms with Gasteiger partial charge >= 0.3 is 0 Å². The number of nitrogens with zero attached hydrogens (tertiary/aromatic N) is 3. The smallest absolute Gasteiger partial charge is 0.252 e. The average Bonchev–Trinajstić information content (AvgIpc) is 3.68. The highest BCUT2D eigenvalue weighted by Crippen LogP contribution is 2.48. The second-order valence-corrected chi connectivity index (χ2v) is 21.0. The van der Waals surface area contributed by atoms with Crippen molar-refractivity contribution >= 4 is 103 Å². The predicted octanol–water partition coefficient (Wildman–Crippen LogP) is 10.6. The van der Waals surface area contributed by atoms with Crippen molar-refractivity contribution in [2.45, 2.75) is 0 Å². The molecule has 0 radical (unpaired) electrons. The van der Waals surface area contributed by atoms with Crippen molar-refractivity contribution in [2.24, 2.45) is 0 Å². The number of benzene rings is 10. The summed E-state index contributed by atoms with van der Waals surface area (Å²) in [6, 6.07) is 94.8. The number of para-hydroxylation sites is 5. The Morgan fingerprint density at radius 3 is 1.34 bits per heavy atom. The van der Waals surface area contributed by atoms with Crippen LogP contribution in [0.1, 0.15) is 0 Å². The van der Waals surface area contributed by atoms with Crippen molar-refractivity contribution in [1.82, 2.24) is 0 Å². The van der Waals surface area contributed by atoms with Gasteiger partial charge < -0.3 is 14.7 Å². The number of hydrogen-bond donors (Lipinski definition) is 0. The monoisotopic (exact) mass is 843 g/mol. The normalized spacial score (nSPS) is 13.6. The quantitative estimate of drug-likeness (QED) is 0.148. The standard InChI is InChI=1S/C60H42BN3Si/c1-6-22-43(23-7-1)62(44-24-8-2-9-25-44)47-40-56-60-57(41-47)64(55-36-20-18-34-53(55)61(60)52-33-17-19-35-54(52)63(56)45-26-10-3-11-27-45)46-38-39-51-50-32-16-21-37-58(50)65(59(51)42-46,48-28-12-4-13-29-48)49-30-14-5-15-31-49/h1-42H. The zero-order chi connectivity index (χ0) is 42.9. The van der Waals surface area contributed by atoms with E-state index in [1.807, 2.05) is 0 Å². The van der Waals surface area contributed by atoms with E-state index in [9.17, 15) is 0 Å². The zero-order valence-electron chi connectivity index (χ0n) is 35.7. The van der Waals surface area contributed by atoms with Gasteiger partial charge in [0, 0.05) is 45.5 Å². The molecule has 3 aliphatic rings. The van der Waals surface area contributed by atoms with Crippen LogP contribution in [0.5, 0.6) is 0 Å². The molecule has 0 amide bonds. The van der Waals surface area contributed by atoms with Crippen molar-refractivity contribution < 1.29 is 0 Å². The Labute approximate surface area is 381 Å². The number of hydrogen-bond acceptors (Lipinski definition) is 3. The minimum Gasteiger partial charge on any atom is -0.311 e. The minimum absolute atomic E-state index is 0.0142. The second-order valence-electron chi connectivity index (χ2n) is 17.2. The molecule has 0 aromatic heterocycles. The molecule has 0 atom stereocenters. The molecular formula is C60H42BN3Si. The van der Waals surface area contributed by atoms with Crippen LogP contribution in [0, 0.1) is 0 Å². The molecular weight excluding hydrogens is 802 g/mol. The molecule has 10 aromatic rings.